The lowest BCUT2D eigenvalue weighted by Gasteiger charge is -2.13. The molecule has 25 heavy (non-hydrogen) atoms. The first-order valence-electron chi connectivity index (χ1n) is 7.49. The minimum Gasteiger partial charge on any atom is -0.508 e. The molecule has 126 valence electrons. The van der Waals surface area contributed by atoms with Gasteiger partial charge in [-0.05, 0) is 29.8 Å². The molecule has 0 heterocycles. The predicted molar refractivity (Wildman–Crippen MR) is 96.0 cm³/mol. The lowest BCUT2D eigenvalue weighted by atomic mass is 10.0. The van der Waals surface area contributed by atoms with Gasteiger partial charge in [0.15, 0.2) is 0 Å². The van der Waals surface area contributed by atoms with Gasteiger partial charge in [0.05, 0.1) is 10.5 Å². The number of nitrogens with zero attached hydrogens (tertiary/aromatic N) is 1. The summed E-state index contributed by atoms with van der Waals surface area (Å²) < 4.78 is 5.81. The summed E-state index contributed by atoms with van der Waals surface area (Å²) in [4.78, 5) is 10.9. The van der Waals surface area contributed by atoms with Crippen LogP contribution in [-0.4, -0.2) is 10.0 Å². The van der Waals surface area contributed by atoms with Crippen LogP contribution in [0.25, 0.3) is 11.1 Å². The van der Waals surface area contributed by atoms with Crippen molar-refractivity contribution in [2.45, 2.75) is 6.61 Å². The van der Waals surface area contributed by atoms with Gasteiger partial charge in [-0.2, -0.15) is 0 Å². The number of ether oxygens (including phenoxy) is 1. The molecule has 0 saturated carbocycles. The topological polar surface area (TPSA) is 72.6 Å². The first kappa shape index (κ1) is 16.8. The van der Waals surface area contributed by atoms with Gasteiger partial charge in [0.2, 0.25) is 0 Å². The number of hydrogen-bond acceptors (Lipinski definition) is 4. The molecule has 3 aromatic rings. The Morgan fingerprint density at radius 1 is 1.00 bits per heavy atom. The summed E-state index contributed by atoms with van der Waals surface area (Å²) in [5.74, 6) is 0.353. The molecular formula is C19H14ClNO4. The summed E-state index contributed by atoms with van der Waals surface area (Å²) in [5.41, 5.74) is 1.57. The van der Waals surface area contributed by atoms with E-state index >= 15 is 0 Å². The Hall–Kier alpha value is -3.05. The SMILES string of the molecule is O=[N+]([O-])c1c(Cl)cccc1-c1ccc(O)cc1OCc1ccccc1. The molecule has 0 amide bonds. The van der Waals surface area contributed by atoms with Gasteiger partial charge in [0, 0.05) is 11.6 Å². The van der Waals surface area contributed by atoms with Crippen LogP contribution >= 0.6 is 11.6 Å². The van der Waals surface area contributed by atoms with E-state index in [1.165, 1.54) is 18.2 Å². The minimum absolute atomic E-state index is 0.0106. The van der Waals surface area contributed by atoms with Crippen LogP contribution in [0.5, 0.6) is 11.5 Å². The number of phenols is 1. The van der Waals surface area contributed by atoms with Crippen molar-refractivity contribution in [1.29, 1.82) is 0 Å². The van der Waals surface area contributed by atoms with Crippen LogP contribution in [0.1, 0.15) is 5.56 Å². The smallest absolute Gasteiger partial charge is 0.295 e. The van der Waals surface area contributed by atoms with Gasteiger partial charge in [0.25, 0.3) is 5.69 Å². The molecule has 3 aromatic carbocycles. The van der Waals surface area contributed by atoms with Crippen molar-refractivity contribution < 1.29 is 14.8 Å². The van der Waals surface area contributed by atoms with Gasteiger partial charge in [-0.15, -0.1) is 0 Å². The number of benzene rings is 3. The van der Waals surface area contributed by atoms with Crippen LogP contribution in [0, 0.1) is 10.1 Å². The van der Waals surface area contributed by atoms with Gasteiger partial charge in [0.1, 0.15) is 23.1 Å². The summed E-state index contributed by atoms with van der Waals surface area (Å²) in [6, 6.07) is 18.7. The molecule has 0 saturated heterocycles. The number of hydrogen-bond donors (Lipinski definition) is 1. The zero-order chi connectivity index (χ0) is 17.8. The normalized spacial score (nSPS) is 10.4. The molecule has 5 nitrogen and oxygen atoms in total. The zero-order valence-electron chi connectivity index (χ0n) is 13.1. The summed E-state index contributed by atoms with van der Waals surface area (Å²) >= 11 is 6.00. The van der Waals surface area contributed by atoms with Gasteiger partial charge < -0.3 is 9.84 Å². The van der Waals surface area contributed by atoms with Crippen LogP contribution < -0.4 is 4.74 Å². The highest BCUT2D eigenvalue weighted by Crippen LogP contribution is 2.41. The van der Waals surface area contributed by atoms with Crippen molar-refractivity contribution in [3.8, 4) is 22.6 Å². The van der Waals surface area contributed by atoms with Gasteiger partial charge >= 0.3 is 0 Å². The van der Waals surface area contributed by atoms with Gasteiger partial charge in [-0.25, -0.2) is 0 Å². The average molecular weight is 356 g/mol. The van der Waals surface area contributed by atoms with E-state index in [1.54, 1.807) is 18.2 Å². The number of para-hydroxylation sites is 1. The van der Waals surface area contributed by atoms with E-state index in [9.17, 15) is 15.2 Å². The fourth-order valence-electron chi connectivity index (χ4n) is 2.51. The maximum atomic E-state index is 11.4. The molecule has 0 unspecified atom stereocenters. The standard InChI is InChI=1S/C19H14ClNO4/c20-17-8-4-7-16(19(17)21(23)24)15-10-9-14(22)11-18(15)25-12-13-5-2-1-3-6-13/h1-11,22H,12H2. The molecule has 0 radical (unpaired) electrons. The van der Waals surface area contributed by atoms with Crippen molar-refractivity contribution >= 4 is 17.3 Å². The summed E-state index contributed by atoms with van der Waals surface area (Å²) in [6.45, 7) is 0.270. The van der Waals surface area contributed by atoms with Crippen LogP contribution in [0.15, 0.2) is 66.7 Å². The van der Waals surface area contributed by atoms with Crippen molar-refractivity contribution in [2.24, 2.45) is 0 Å². The molecule has 0 aliphatic rings. The van der Waals surface area contributed by atoms with E-state index in [4.69, 9.17) is 16.3 Å². The van der Waals surface area contributed by atoms with Crippen LogP contribution in [0.2, 0.25) is 5.02 Å². The van der Waals surface area contributed by atoms with E-state index in [0.717, 1.165) is 5.56 Å². The Balaban J connectivity index is 2.03. The molecule has 0 aromatic heterocycles. The molecule has 0 fully saturated rings. The van der Waals surface area contributed by atoms with Crippen LogP contribution in [0.3, 0.4) is 0 Å². The molecule has 3 rings (SSSR count). The fourth-order valence-corrected chi connectivity index (χ4v) is 2.75. The predicted octanol–water partition coefficient (Wildman–Crippen LogP) is 5.20. The lowest BCUT2D eigenvalue weighted by molar-refractivity contribution is -0.384. The molecule has 1 N–H and O–H groups in total. The Labute approximate surface area is 149 Å². The summed E-state index contributed by atoms with van der Waals surface area (Å²) in [7, 11) is 0. The highest BCUT2D eigenvalue weighted by Gasteiger charge is 2.22. The molecule has 0 bridgehead atoms. The Morgan fingerprint density at radius 2 is 1.76 bits per heavy atom. The largest absolute Gasteiger partial charge is 0.508 e. The van der Waals surface area contributed by atoms with Crippen molar-refractivity contribution in [1.82, 2.24) is 0 Å². The quantitative estimate of drug-likeness (QED) is 0.504. The van der Waals surface area contributed by atoms with Gasteiger partial charge in [-0.1, -0.05) is 48.0 Å². The van der Waals surface area contributed by atoms with E-state index in [0.29, 0.717) is 16.9 Å². The number of halogens is 1. The maximum Gasteiger partial charge on any atom is 0.295 e. The van der Waals surface area contributed by atoms with Crippen molar-refractivity contribution in [2.75, 3.05) is 0 Å². The molecule has 0 aliphatic heterocycles. The monoisotopic (exact) mass is 355 g/mol. The zero-order valence-corrected chi connectivity index (χ0v) is 13.8. The third-order valence-corrected chi connectivity index (χ3v) is 3.97. The van der Waals surface area contributed by atoms with E-state index in [1.807, 2.05) is 30.3 Å². The second-order valence-corrected chi connectivity index (χ2v) is 5.76. The highest BCUT2D eigenvalue weighted by atomic mass is 35.5. The number of phenolic OH excluding ortho intramolecular Hbond substituents is 1. The van der Waals surface area contributed by atoms with Crippen molar-refractivity contribution in [3.05, 3.63) is 87.4 Å². The van der Waals surface area contributed by atoms with Crippen molar-refractivity contribution in [3.63, 3.8) is 0 Å². The third-order valence-electron chi connectivity index (χ3n) is 3.66. The highest BCUT2D eigenvalue weighted by molar-refractivity contribution is 6.33. The van der Waals surface area contributed by atoms with Gasteiger partial charge in [-0.3, -0.25) is 10.1 Å². The van der Waals surface area contributed by atoms with E-state index < -0.39 is 4.92 Å². The number of nitro benzene ring substituents is 1. The molecule has 0 aliphatic carbocycles. The third kappa shape index (κ3) is 3.72. The first-order valence-corrected chi connectivity index (χ1v) is 7.87. The molecule has 6 heteroatoms. The first-order chi connectivity index (χ1) is 12.1. The maximum absolute atomic E-state index is 11.4. The number of aromatic hydroxyl groups is 1. The second-order valence-electron chi connectivity index (χ2n) is 5.35. The second kappa shape index (κ2) is 7.23. The van der Waals surface area contributed by atoms with E-state index in [2.05, 4.69) is 0 Å². The fraction of sp³-hybridized carbons (Fsp3) is 0.0526. The minimum atomic E-state index is -0.522. The van der Waals surface area contributed by atoms with Crippen LogP contribution in [0.4, 0.5) is 5.69 Å². The Bertz CT molecular complexity index is 913. The molecule has 0 spiro atoms. The molecule has 0 atom stereocenters. The summed E-state index contributed by atoms with van der Waals surface area (Å²) in [6.07, 6.45) is 0. The summed E-state index contributed by atoms with van der Waals surface area (Å²) in [5, 5.41) is 21.2. The number of nitro groups is 1. The van der Waals surface area contributed by atoms with E-state index in [-0.39, 0.29) is 23.1 Å². The Morgan fingerprint density at radius 3 is 2.48 bits per heavy atom. The number of rotatable bonds is 5. The Kier molecular flexibility index (Phi) is 4.86. The molecular weight excluding hydrogens is 342 g/mol. The van der Waals surface area contributed by atoms with Crippen LogP contribution in [-0.2, 0) is 6.61 Å². The average Bonchev–Trinajstić information content (AvgIpc) is 2.60. The lowest BCUT2D eigenvalue weighted by Crippen LogP contribution is -1.99.